The number of hydrogen-bond donors (Lipinski definition) is 0. The lowest BCUT2D eigenvalue weighted by Crippen LogP contribution is -2.40. The molecule has 0 radical (unpaired) electrons. The number of esters is 2. The fourth-order valence-corrected chi connectivity index (χ4v) is 2.21. The van der Waals surface area contributed by atoms with Gasteiger partial charge in [-0.1, -0.05) is 0 Å². The Morgan fingerprint density at radius 3 is 1.47 bits per heavy atom. The van der Waals surface area contributed by atoms with Gasteiger partial charge in [-0.05, 0) is 27.7 Å². The van der Waals surface area contributed by atoms with Crippen LogP contribution in [0.25, 0.3) is 0 Å². The summed E-state index contributed by atoms with van der Waals surface area (Å²) in [5.74, 6) is -2.00. The fraction of sp³-hybridized carbons (Fsp3) is 0.800. The van der Waals surface area contributed by atoms with Crippen molar-refractivity contribution in [2.24, 2.45) is 0 Å². The highest BCUT2D eigenvalue weighted by Gasteiger charge is 2.51. The third kappa shape index (κ3) is 4.44. The second-order valence-electron chi connectivity index (χ2n) is 4.41. The molecule has 2 atom stereocenters. The van der Waals surface area contributed by atoms with E-state index in [1.165, 1.54) is 0 Å². The quantitative estimate of drug-likeness (QED) is 0.663. The Labute approximate surface area is 111 Å². The Morgan fingerprint density at radius 1 is 0.895 bits per heavy atom. The Morgan fingerprint density at radius 2 is 1.21 bits per heavy atom. The van der Waals surface area contributed by atoms with E-state index < -0.39 is 46.8 Å². The van der Waals surface area contributed by atoms with Crippen LogP contribution in [0, 0.1) is 0 Å². The number of ether oxygens (including phenoxy) is 2. The molecule has 1 aliphatic heterocycles. The minimum Gasteiger partial charge on any atom is -0.461 e. The van der Waals surface area contributed by atoms with Crippen LogP contribution < -0.4 is 0 Å². The van der Waals surface area contributed by atoms with Gasteiger partial charge in [0.2, 0.25) is 12.2 Å². The zero-order valence-corrected chi connectivity index (χ0v) is 11.8. The Balaban J connectivity index is 2.87. The molecule has 0 aromatic rings. The molecular weight excluding hydrogens is 280 g/mol. The molecule has 110 valence electrons. The van der Waals surface area contributed by atoms with Gasteiger partial charge in [0, 0.05) is 0 Å². The topological polar surface area (TPSA) is 105 Å². The van der Waals surface area contributed by atoms with Crippen molar-refractivity contribution in [3.63, 3.8) is 0 Å². The van der Waals surface area contributed by atoms with Crippen LogP contribution >= 0.6 is 0 Å². The normalized spacial score (nSPS) is 25.6. The minimum absolute atomic E-state index is 0.485. The van der Waals surface area contributed by atoms with Crippen LogP contribution in [0.2, 0.25) is 0 Å². The van der Waals surface area contributed by atoms with Gasteiger partial charge >= 0.3 is 22.3 Å². The van der Waals surface area contributed by atoms with Crippen LogP contribution in [-0.2, 0) is 37.8 Å². The van der Waals surface area contributed by atoms with E-state index in [1.807, 2.05) is 0 Å². The molecule has 0 aliphatic carbocycles. The summed E-state index contributed by atoms with van der Waals surface area (Å²) in [6, 6.07) is 0. The van der Waals surface area contributed by atoms with Crippen molar-refractivity contribution in [1.82, 2.24) is 0 Å². The summed E-state index contributed by atoms with van der Waals surface area (Å²) in [4.78, 5) is 23.3. The van der Waals surface area contributed by atoms with Gasteiger partial charge in [0.25, 0.3) is 0 Å². The van der Waals surface area contributed by atoms with Gasteiger partial charge in [-0.15, -0.1) is 0 Å². The third-order valence-electron chi connectivity index (χ3n) is 1.89. The molecule has 0 unspecified atom stereocenters. The van der Waals surface area contributed by atoms with E-state index in [0.717, 1.165) is 0 Å². The summed E-state index contributed by atoms with van der Waals surface area (Å²) >= 11 is 0. The predicted octanol–water partition coefficient (Wildman–Crippen LogP) is -0.0816. The second-order valence-corrected chi connectivity index (χ2v) is 5.61. The highest BCUT2D eigenvalue weighted by atomic mass is 32.3. The first-order chi connectivity index (χ1) is 8.62. The van der Waals surface area contributed by atoms with E-state index in [9.17, 15) is 18.0 Å². The van der Waals surface area contributed by atoms with Crippen LogP contribution in [-0.4, -0.2) is 44.8 Å². The molecule has 1 fully saturated rings. The Kier molecular flexibility index (Phi) is 4.88. The summed E-state index contributed by atoms with van der Waals surface area (Å²) < 4.78 is 40.7. The van der Waals surface area contributed by atoms with E-state index in [1.54, 1.807) is 27.7 Å². The highest BCUT2D eigenvalue weighted by molar-refractivity contribution is 7.82. The molecule has 1 rings (SSSR count). The molecule has 0 spiro atoms. The number of hydrogen-bond acceptors (Lipinski definition) is 8. The van der Waals surface area contributed by atoms with E-state index in [4.69, 9.17) is 9.47 Å². The maximum atomic E-state index is 11.6. The highest BCUT2D eigenvalue weighted by Crippen LogP contribution is 2.23. The summed E-state index contributed by atoms with van der Waals surface area (Å²) in [7, 11) is -4.41. The number of rotatable bonds is 4. The lowest BCUT2D eigenvalue weighted by atomic mass is 10.2. The molecular formula is C10H16O8S. The number of carbonyl (C=O) groups is 2. The van der Waals surface area contributed by atoms with E-state index in [0.29, 0.717) is 0 Å². The molecule has 0 aromatic heterocycles. The van der Waals surface area contributed by atoms with Crippen LogP contribution in [0.5, 0.6) is 0 Å². The molecule has 1 aliphatic rings. The van der Waals surface area contributed by atoms with Crippen molar-refractivity contribution in [3.05, 3.63) is 0 Å². The van der Waals surface area contributed by atoms with E-state index >= 15 is 0 Å². The first-order valence-electron chi connectivity index (χ1n) is 5.65. The molecule has 0 N–H and O–H groups in total. The maximum Gasteiger partial charge on any atom is 0.401 e. The third-order valence-corrected chi connectivity index (χ3v) is 2.77. The van der Waals surface area contributed by atoms with Gasteiger partial charge in [-0.3, -0.25) is 0 Å². The molecule has 0 saturated carbocycles. The van der Waals surface area contributed by atoms with Gasteiger partial charge in [-0.2, -0.15) is 8.42 Å². The summed E-state index contributed by atoms with van der Waals surface area (Å²) in [6.07, 6.45) is -4.33. The molecule has 0 aromatic carbocycles. The molecule has 9 heteroatoms. The van der Waals surface area contributed by atoms with Gasteiger partial charge < -0.3 is 9.47 Å². The number of carbonyl (C=O) groups excluding carboxylic acids is 2. The van der Waals surface area contributed by atoms with Gasteiger partial charge in [0.05, 0.1) is 12.2 Å². The zero-order valence-electron chi connectivity index (χ0n) is 11.0. The van der Waals surface area contributed by atoms with E-state index in [-0.39, 0.29) is 0 Å². The first kappa shape index (κ1) is 15.9. The van der Waals surface area contributed by atoms with Crippen LogP contribution in [0.4, 0.5) is 0 Å². The van der Waals surface area contributed by atoms with Crippen molar-refractivity contribution >= 4 is 22.3 Å². The standard InChI is InChI=1S/C10H16O8S/c1-5(2)15-9(11)7-8(10(12)16-6(3)4)18-19(13,14)17-7/h5-8H,1-4H3/t7-,8-/m1/s1. The van der Waals surface area contributed by atoms with Crippen molar-refractivity contribution < 1.29 is 35.8 Å². The lowest BCUT2D eigenvalue weighted by Gasteiger charge is -2.16. The van der Waals surface area contributed by atoms with Crippen LogP contribution in [0.1, 0.15) is 27.7 Å². The monoisotopic (exact) mass is 296 g/mol. The van der Waals surface area contributed by atoms with Gasteiger partial charge in [-0.25, -0.2) is 18.0 Å². The summed E-state index contributed by atoms with van der Waals surface area (Å²) in [5.41, 5.74) is 0. The van der Waals surface area contributed by atoms with E-state index in [2.05, 4.69) is 8.37 Å². The zero-order chi connectivity index (χ0) is 14.8. The van der Waals surface area contributed by atoms with Crippen molar-refractivity contribution in [3.8, 4) is 0 Å². The predicted molar refractivity (Wildman–Crippen MR) is 61.1 cm³/mol. The average molecular weight is 296 g/mol. The Hall–Kier alpha value is -1.19. The molecule has 0 amide bonds. The second kappa shape index (κ2) is 5.85. The maximum absolute atomic E-state index is 11.6. The van der Waals surface area contributed by atoms with Crippen LogP contribution in [0.15, 0.2) is 0 Å². The Bertz CT molecular complexity index is 416. The van der Waals surface area contributed by atoms with Crippen molar-refractivity contribution in [2.75, 3.05) is 0 Å². The average Bonchev–Trinajstić information content (AvgIpc) is 2.52. The largest absolute Gasteiger partial charge is 0.461 e. The summed E-state index contributed by atoms with van der Waals surface area (Å²) in [6.45, 7) is 6.29. The van der Waals surface area contributed by atoms with Crippen molar-refractivity contribution in [1.29, 1.82) is 0 Å². The SMILES string of the molecule is CC(C)OC(=O)[C@@H]1OS(=O)(=O)O[C@H]1C(=O)OC(C)C. The van der Waals surface area contributed by atoms with Crippen LogP contribution in [0.3, 0.4) is 0 Å². The molecule has 1 saturated heterocycles. The summed E-state index contributed by atoms with van der Waals surface area (Å²) in [5, 5.41) is 0. The first-order valence-corrected chi connectivity index (χ1v) is 6.98. The minimum atomic E-state index is -4.41. The molecule has 8 nitrogen and oxygen atoms in total. The lowest BCUT2D eigenvalue weighted by molar-refractivity contribution is -0.167. The van der Waals surface area contributed by atoms with Gasteiger partial charge in [0.1, 0.15) is 0 Å². The smallest absolute Gasteiger partial charge is 0.401 e. The molecule has 0 bridgehead atoms. The molecule has 1 heterocycles. The molecule has 19 heavy (non-hydrogen) atoms. The fourth-order valence-electron chi connectivity index (χ4n) is 1.30. The van der Waals surface area contributed by atoms with Gasteiger partial charge in [0.15, 0.2) is 0 Å². The van der Waals surface area contributed by atoms with Crippen molar-refractivity contribution in [2.45, 2.75) is 52.1 Å².